The van der Waals surface area contributed by atoms with Crippen molar-refractivity contribution in [3.8, 4) is 5.75 Å². The van der Waals surface area contributed by atoms with E-state index in [1.54, 1.807) is 7.11 Å². The highest BCUT2D eigenvalue weighted by Gasteiger charge is 2.09. The van der Waals surface area contributed by atoms with Crippen LogP contribution in [0, 0.1) is 6.92 Å². The normalized spacial score (nSPS) is 10.5. The highest BCUT2D eigenvalue weighted by atomic mass is 16.5. The van der Waals surface area contributed by atoms with Crippen LogP contribution in [-0.4, -0.2) is 31.5 Å². The summed E-state index contributed by atoms with van der Waals surface area (Å²) in [6, 6.07) is 15.6. The van der Waals surface area contributed by atoms with Gasteiger partial charge < -0.3 is 10.1 Å². The fourth-order valence-corrected chi connectivity index (χ4v) is 2.29. The molecule has 4 heteroatoms. The second-order valence-electron chi connectivity index (χ2n) is 5.39. The number of amides is 1. The summed E-state index contributed by atoms with van der Waals surface area (Å²) in [5, 5.41) is 2.94. The van der Waals surface area contributed by atoms with Gasteiger partial charge in [0.1, 0.15) is 5.75 Å². The van der Waals surface area contributed by atoms with Crippen LogP contribution in [0.5, 0.6) is 5.75 Å². The molecule has 22 heavy (non-hydrogen) atoms. The molecule has 4 nitrogen and oxygen atoms in total. The van der Waals surface area contributed by atoms with Crippen LogP contribution in [-0.2, 0) is 11.3 Å². The van der Waals surface area contributed by atoms with E-state index in [-0.39, 0.29) is 5.91 Å². The van der Waals surface area contributed by atoms with Crippen LogP contribution in [0.1, 0.15) is 11.1 Å². The van der Waals surface area contributed by atoms with Gasteiger partial charge >= 0.3 is 0 Å². The van der Waals surface area contributed by atoms with E-state index in [1.807, 2.05) is 67.4 Å². The quantitative estimate of drug-likeness (QED) is 0.891. The van der Waals surface area contributed by atoms with Crippen LogP contribution in [0.15, 0.2) is 48.5 Å². The zero-order chi connectivity index (χ0) is 15.9. The Bertz CT molecular complexity index is 640. The molecule has 2 rings (SSSR count). The molecule has 0 unspecified atom stereocenters. The maximum atomic E-state index is 12.1. The largest absolute Gasteiger partial charge is 0.497 e. The maximum absolute atomic E-state index is 12.1. The predicted octanol–water partition coefficient (Wildman–Crippen LogP) is 3.07. The average Bonchev–Trinajstić information content (AvgIpc) is 2.49. The third-order valence-corrected chi connectivity index (χ3v) is 3.42. The Labute approximate surface area is 131 Å². The molecule has 0 heterocycles. The molecule has 0 radical (unpaired) electrons. The third-order valence-electron chi connectivity index (χ3n) is 3.42. The van der Waals surface area contributed by atoms with Gasteiger partial charge in [0.25, 0.3) is 0 Å². The minimum absolute atomic E-state index is 0.0142. The van der Waals surface area contributed by atoms with E-state index in [0.717, 1.165) is 22.6 Å². The number of aryl methyl sites for hydroxylation is 1. The highest BCUT2D eigenvalue weighted by Crippen LogP contribution is 2.15. The Balaban J connectivity index is 1.89. The lowest BCUT2D eigenvalue weighted by Crippen LogP contribution is -2.30. The van der Waals surface area contributed by atoms with Crippen LogP contribution in [0.4, 0.5) is 5.69 Å². The van der Waals surface area contributed by atoms with Crippen LogP contribution < -0.4 is 10.1 Å². The lowest BCUT2D eigenvalue weighted by Gasteiger charge is -2.17. The molecule has 0 saturated heterocycles. The molecule has 2 aromatic rings. The summed E-state index contributed by atoms with van der Waals surface area (Å²) < 4.78 is 5.21. The van der Waals surface area contributed by atoms with E-state index >= 15 is 0 Å². The number of anilines is 1. The van der Waals surface area contributed by atoms with Crippen molar-refractivity contribution in [3.05, 3.63) is 59.7 Å². The fourth-order valence-electron chi connectivity index (χ4n) is 2.29. The van der Waals surface area contributed by atoms with Crippen LogP contribution in [0.3, 0.4) is 0 Å². The number of carbonyl (C=O) groups excluding carboxylic acids is 1. The van der Waals surface area contributed by atoms with Crippen molar-refractivity contribution in [2.75, 3.05) is 26.0 Å². The number of methoxy groups -OCH3 is 1. The van der Waals surface area contributed by atoms with Crippen LogP contribution in [0.25, 0.3) is 0 Å². The molecule has 1 amide bonds. The van der Waals surface area contributed by atoms with Crippen molar-refractivity contribution in [1.29, 1.82) is 0 Å². The monoisotopic (exact) mass is 298 g/mol. The summed E-state index contributed by atoms with van der Waals surface area (Å²) in [6.07, 6.45) is 0. The Morgan fingerprint density at radius 2 is 1.95 bits per heavy atom. The zero-order valence-electron chi connectivity index (χ0n) is 13.3. The molecule has 0 fully saturated rings. The van der Waals surface area contributed by atoms with Gasteiger partial charge in [0.05, 0.1) is 13.7 Å². The SMILES string of the molecule is COc1cccc(CN(C)CC(=O)Nc2ccccc2C)c1. The molecule has 0 saturated carbocycles. The van der Waals surface area contributed by atoms with Gasteiger partial charge in [0.2, 0.25) is 5.91 Å². The van der Waals surface area contributed by atoms with Gasteiger partial charge in [-0.25, -0.2) is 0 Å². The molecule has 2 aromatic carbocycles. The first-order valence-electron chi connectivity index (χ1n) is 7.25. The smallest absolute Gasteiger partial charge is 0.238 e. The molecular formula is C18H22N2O2. The van der Waals surface area contributed by atoms with E-state index in [1.165, 1.54) is 0 Å². The first-order valence-corrected chi connectivity index (χ1v) is 7.25. The predicted molar refractivity (Wildman–Crippen MR) is 89.1 cm³/mol. The average molecular weight is 298 g/mol. The van der Waals surface area contributed by atoms with Gasteiger partial charge in [-0.3, -0.25) is 9.69 Å². The van der Waals surface area contributed by atoms with Crippen LogP contribution >= 0.6 is 0 Å². The molecule has 0 aliphatic heterocycles. The molecule has 0 aromatic heterocycles. The van der Waals surface area contributed by atoms with Gasteiger partial charge in [-0.05, 0) is 43.3 Å². The minimum atomic E-state index is -0.0142. The van der Waals surface area contributed by atoms with E-state index in [9.17, 15) is 4.79 Å². The molecule has 1 N–H and O–H groups in total. The Hall–Kier alpha value is -2.33. The number of hydrogen-bond donors (Lipinski definition) is 1. The first-order chi connectivity index (χ1) is 10.6. The lowest BCUT2D eigenvalue weighted by atomic mass is 10.2. The number of rotatable bonds is 6. The number of hydrogen-bond acceptors (Lipinski definition) is 3. The van der Waals surface area contributed by atoms with E-state index in [2.05, 4.69) is 5.32 Å². The number of nitrogens with one attached hydrogen (secondary N) is 1. The fraction of sp³-hybridized carbons (Fsp3) is 0.278. The van der Waals surface area contributed by atoms with Crippen molar-refractivity contribution in [2.24, 2.45) is 0 Å². The van der Waals surface area contributed by atoms with Gasteiger partial charge in [-0.15, -0.1) is 0 Å². The molecule has 0 atom stereocenters. The van der Waals surface area contributed by atoms with Crippen molar-refractivity contribution in [1.82, 2.24) is 4.90 Å². The molecule has 0 bridgehead atoms. The maximum Gasteiger partial charge on any atom is 0.238 e. The van der Waals surface area contributed by atoms with Crippen molar-refractivity contribution >= 4 is 11.6 Å². The number of ether oxygens (including phenoxy) is 1. The Kier molecular flexibility index (Phi) is 5.55. The number of benzene rings is 2. The lowest BCUT2D eigenvalue weighted by molar-refractivity contribution is -0.117. The van der Waals surface area contributed by atoms with Gasteiger partial charge in [-0.2, -0.15) is 0 Å². The second-order valence-corrected chi connectivity index (χ2v) is 5.39. The molecule has 0 aliphatic carbocycles. The standard InChI is InChI=1S/C18H22N2O2/c1-14-7-4-5-10-17(14)19-18(21)13-20(2)12-15-8-6-9-16(11-15)22-3/h4-11H,12-13H2,1-3H3,(H,19,21). The first kappa shape index (κ1) is 16.0. The summed E-state index contributed by atoms with van der Waals surface area (Å²) in [4.78, 5) is 14.1. The van der Waals surface area contributed by atoms with Gasteiger partial charge in [0, 0.05) is 12.2 Å². The summed E-state index contributed by atoms with van der Waals surface area (Å²) in [7, 11) is 3.58. The summed E-state index contributed by atoms with van der Waals surface area (Å²) >= 11 is 0. The number of nitrogens with zero attached hydrogens (tertiary/aromatic N) is 1. The zero-order valence-corrected chi connectivity index (χ0v) is 13.3. The number of likely N-dealkylation sites (N-methyl/N-ethyl adjacent to an activating group) is 1. The van der Waals surface area contributed by atoms with Gasteiger partial charge in [-0.1, -0.05) is 30.3 Å². The topological polar surface area (TPSA) is 41.6 Å². The van der Waals surface area contributed by atoms with Crippen molar-refractivity contribution in [2.45, 2.75) is 13.5 Å². The summed E-state index contributed by atoms with van der Waals surface area (Å²) in [5.41, 5.74) is 3.04. The Morgan fingerprint density at radius 3 is 2.68 bits per heavy atom. The summed E-state index contributed by atoms with van der Waals surface area (Å²) in [6.45, 7) is 3.01. The van der Waals surface area contributed by atoms with E-state index < -0.39 is 0 Å². The highest BCUT2D eigenvalue weighted by molar-refractivity contribution is 5.92. The van der Waals surface area contributed by atoms with Crippen molar-refractivity contribution < 1.29 is 9.53 Å². The molecule has 116 valence electrons. The number of para-hydroxylation sites is 1. The Morgan fingerprint density at radius 1 is 1.18 bits per heavy atom. The molecular weight excluding hydrogens is 276 g/mol. The molecule has 0 aliphatic rings. The number of carbonyl (C=O) groups is 1. The van der Waals surface area contributed by atoms with Gasteiger partial charge in [0.15, 0.2) is 0 Å². The second kappa shape index (κ2) is 7.61. The van der Waals surface area contributed by atoms with Crippen molar-refractivity contribution in [3.63, 3.8) is 0 Å². The minimum Gasteiger partial charge on any atom is -0.497 e. The third kappa shape index (κ3) is 4.60. The van der Waals surface area contributed by atoms with Crippen LogP contribution in [0.2, 0.25) is 0 Å². The van der Waals surface area contributed by atoms with E-state index in [4.69, 9.17) is 4.74 Å². The molecule has 0 spiro atoms. The van der Waals surface area contributed by atoms with E-state index in [0.29, 0.717) is 13.1 Å². The summed E-state index contributed by atoms with van der Waals surface area (Å²) in [5.74, 6) is 0.815.